The minimum atomic E-state index is -1.12. The molecule has 22 heavy (non-hydrogen) atoms. The van der Waals surface area contributed by atoms with Crippen molar-refractivity contribution in [1.82, 2.24) is 5.32 Å². The zero-order valence-corrected chi connectivity index (χ0v) is 13.2. The molecular weight excluding hydrogens is 308 g/mol. The molecule has 0 aliphatic heterocycles. The Morgan fingerprint density at radius 1 is 1.45 bits per heavy atom. The molecule has 1 aromatic rings. The Bertz CT molecular complexity index is 576. The topological polar surface area (TPSA) is 110 Å². The van der Waals surface area contributed by atoms with Gasteiger partial charge in [0.1, 0.15) is 6.04 Å². The number of nitrogens with one attached hydrogen (secondary N) is 1. The van der Waals surface area contributed by atoms with E-state index in [1.54, 1.807) is 11.8 Å². The Morgan fingerprint density at radius 3 is 2.68 bits per heavy atom. The van der Waals surface area contributed by atoms with E-state index >= 15 is 0 Å². The fraction of sp³-hybridized carbons (Fsp3) is 0.429. The molecule has 0 bridgehead atoms. The Kier molecular flexibility index (Phi) is 6.84. The molecule has 120 valence electrons. The summed E-state index contributed by atoms with van der Waals surface area (Å²) in [5, 5.41) is 22.5. The van der Waals surface area contributed by atoms with Gasteiger partial charge in [-0.05, 0) is 30.9 Å². The lowest BCUT2D eigenvalue weighted by atomic mass is 10.1. The van der Waals surface area contributed by atoms with Crippen LogP contribution in [0.2, 0.25) is 0 Å². The van der Waals surface area contributed by atoms with Gasteiger partial charge in [0.15, 0.2) is 0 Å². The molecule has 0 fully saturated rings. The first-order chi connectivity index (χ1) is 10.4. The number of carbonyl (C=O) groups is 2. The number of hydrogen-bond acceptors (Lipinski definition) is 5. The van der Waals surface area contributed by atoms with Gasteiger partial charge in [-0.2, -0.15) is 11.8 Å². The van der Waals surface area contributed by atoms with Crippen molar-refractivity contribution in [3.63, 3.8) is 0 Å². The van der Waals surface area contributed by atoms with Crippen LogP contribution in [0, 0.1) is 17.0 Å². The number of nitro groups is 1. The average molecular weight is 326 g/mol. The van der Waals surface area contributed by atoms with Crippen molar-refractivity contribution in [1.29, 1.82) is 0 Å². The largest absolute Gasteiger partial charge is 0.480 e. The van der Waals surface area contributed by atoms with E-state index in [4.69, 9.17) is 5.11 Å². The second kappa shape index (κ2) is 8.38. The Labute approximate surface area is 132 Å². The SMILES string of the molecule is CCSCCC(NC(=O)c1cccc([N+](=O)[O-])c1C)C(=O)O. The summed E-state index contributed by atoms with van der Waals surface area (Å²) in [6.45, 7) is 3.43. The lowest BCUT2D eigenvalue weighted by Gasteiger charge is -2.15. The number of carboxylic acid groups (broad SMARTS) is 1. The highest BCUT2D eigenvalue weighted by atomic mass is 32.2. The van der Waals surface area contributed by atoms with E-state index in [9.17, 15) is 19.7 Å². The molecule has 0 aromatic heterocycles. The van der Waals surface area contributed by atoms with Crippen molar-refractivity contribution in [2.45, 2.75) is 26.3 Å². The molecule has 0 heterocycles. The van der Waals surface area contributed by atoms with Gasteiger partial charge in [-0.15, -0.1) is 0 Å². The smallest absolute Gasteiger partial charge is 0.326 e. The van der Waals surface area contributed by atoms with Gasteiger partial charge in [-0.1, -0.05) is 13.0 Å². The highest BCUT2D eigenvalue weighted by Crippen LogP contribution is 2.21. The molecule has 1 aromatic carbocycles. The van der Waals surface area contributed by atoms with Crippen molar-refractivity contribution in [3.8, 4) is 0 Å². The molecule has 1 rings (SSSR count). The number of carbonyl (C=O) groups excluding carboxylic acids is 1. The maximum absolute atomic E-state index is 12.2. The first-order valence-electron chi connectivity index (χ1n) is 6.73. The summed E-state index contributed by atoms with van der Waals surface area (Å²) in [6, 6.07) is 3.14. The van der Waals surface area contributed by atoms with Crippen LogP contribution in [0.4, 0.5) is 5.69 Å². The van der Waals surface area contributed by atoms with Crippen LogP contribution in [0.1, 0.15) is 29.3 Å². The normalized spacial score (nSPS) is 11.7. The molecule has 0 saturated carbocycles. The number of thioether (sulfide) groups is 1. The van der Waals surface area contributed by atoms with Gasteiger partial charge in [-0.3, -0.25) is 14.9 Å². The maximum atomic E-state index is 12.2. The van der Waals surface area contributed by atoms with E-state index in [0.717, 1.165) is 5.75 Å². The van der Waals surface area contributed by atoms with Crippen molar-refractivity contribution < 1.29 is 19.6 Å². The Hall–Kier alpha value is -2.09. The van der Waals surface area contributed by atoms with Gasteiger partial charge >= 0.3 is 5.97 Å². The van der Waals surface area contributed by atoms with E-state index in [1.807, 2.05) is 6.92 Å². The van der Waals surface area contributed by atoms with Gasteiger partial charge < -0.3 is 10.4 Å². The number of aliphatic carboxylic acids is 1. The number of nitro benzene ring substituents is 1. The summed E-state index contributed by atoms with van der Waals surface area (Å²) in [6.07, 6.45) is 0.299. The quantitative estimate of drug-likeness (QED) is 0.431. The van der Waals surface area contributed by atoms with E-state index in [-0.39, 0.29) is 16.8 Å². The zero-order valence-electron chi connectivity index (χ0n) is 12.4. The summed E-state index contributed by atoms with van der Waals surface area (Å²) < 4.78 is 0. The molecule has 0 radical (unpaired) electrons. The molecule has 0 spiro atoms. The van der Waals surface area contributed by atoms with Crippen LogP contribution in [0.25, 0.3) is 0 Å². The minimum absolute atomic E-state index is 0.114. The summed E-state index contributed by atoms with van der Waals surface area (Å²) in [4.78, 5) is 33.7. The highest BCUT2D eigenvalue weighted by Gasteiger charge is 2.23. The third kappa shape index (κ3) is 4.73. The van der Waals surface area contributed by atoms with Gasteiger partial charge in [0.05, 0.1) is 4.92 Å². The van der Waals surface area contributed by atoms with Gasteiger partial charge in [0, 0.05) is 17.2 Å². The van der Waals surface area contributed by atoms with Crippen LogP contribution in [-0.2, 0) is 4.79 Å². The summed E-state index contributed by atoms with van der Waals surface area (Å²) >= 11 is 1.58. The van der Waals surface area contributed by atoms with E-state index < -0.39 is 22.8 Å². The molecule has 0 saturated heterocycles. The van der Waals surface area contributed by atoms with Gasteiger partial charge in [0.25, 0.3) is 11.6 Å². The minimum Gasteiger partial charge on any atom is -0.480 e. The summed E-state index contributed by atoms with van der Waals surface area (Å²) in [5.41, 5.74) is 0.168. The molecule has 0 aliphatic carbocycles. The predicted molar refractivity (Wildman–Crippen MR) is 84.3 cm³/mol. The highest BCUT2D eigenvalue weighted by molar-refractivity contribution is 7.99. The molecule has 1 atom stereocenters. The fourth-order valence-electron chi connectivity index (χ4n) is 1.91. The standard InChI is InChI=1S/C14H18N2O5S/c1-3-22-8-7-11(14(18)19)15-13(17)10-5-4-6-12(9(10)2)16(20)21/h4-6,11H,3,7-8H2,1-2H3,(H,15,17)(H,18,19). The van der Waals surface area contributed by atoms with E-state index in [1.165, 1.54) is 25.1 Å². The molecule has 7 nitrogen and oxygen atoms in total. The van der Waals surface area contributed by atoms with Gasteiger partial charge in [0.2, 0.25) is 0 Å². The van der Waals surface area contributed by atoms with Crippen LogP contribution < -0.4 is 5.32 Å². The monoisotopic (exact) mass is 326 g/mol. The Balaban J connectivity index is 2.88. The second-order valence-corrected chi connectivity index (χ2v) is 5.95. The molecule has 0 aliphatic rings. The number of benzene rings is 1. The van der Waals surface area contributed by atoms with Crippen LogP contribution in [0.3, 0.4) is 0 Å². The first-order valence-corrected chi connectivity index (χ1v) is 7.89. The third-order valence-corrected chi connectivity index (χ3v) is 4.04. The Morgan fingerprint density at radius 2 is 2.14 bits per heavy atom. The van der Waals surface area contributed by atoms with Crippen molar-refractivity contribution in [3.05, 3.63) is 39.4 Å². The average Bonchev–Trinajstić information content (AvgIpc) is 2.45. The lowest BCUT2D eigenvalue weighted by molar-refractivity contribution is -0.385. The van der Waals surface area contributed by atoms with E-state index in [0.29, 0.717) is 12.2 Å². The molecular formula is C14H18N2O5S. The fourth-order valence-corrected chi connectivity index (χ4v) is 2.60. The first kappa shape index (κ1) is 18.0. The molecule has 1 unspecified atom stereocenters. The third-order valence-electron chi connectivity index (χ3n) is 3.10. The van der Waals surface area contributed by atoms with Crippen LogP contribution in [0.5, 0.6) is 0 Å². The molecule has 1 amide bonds. The molecule has 8 heteroatoms. The zero-order chi connectivity index (χ0) is 16.7. The summed E-state index contributed by atoms with van der Waals surface area (Å²) in [7, 11) is 0. The van der Waals surface area contributed by atoms with Crippen LogP contribution >= 0.6 is 11.8 Å². The summed E-state index contributed by atoms with van der Waals surface area (Å²) in [5.74, 6) is -0.255. The second-order valence-electron chi connectivity index (χ2n) is 4.56. The number of nitrogens with zero attached hydrogens (tertiary/aromatic N) is 1. The van der Waals surface area contributed by atoms with E-state index in [2.05, 4.69) is 5.32 Å². The van der Waals surface area contributed by atoms with Crippen molar-refractivity contribution >= 4 is 29.3 Å². The number of carboxylic acids is 1. The molecule has 2 N–H and O–H groups in total. The van der Waals surface area contributed by atoms with Crippen LogP contribution in [-0.4, -0.2) is 39.5 Å². The van der Waals surface area contributed by atoms with Crippen molar-refractivity contribution in [2.24, 2.45) is 0 Å². The maximum Gasteiger partial charge on any atom is 0.326 e. The predicted octanol–water partition coefficient (Wildman–Crippen LogP) is 2.23. The van der Waals surface area contributed by atoms with Crippen molar-refractivity contribution in [2.75, 3.05) is 11.5 Å². The van der Waals surface area contributed by atoms with Crippen LogP contribution in [0.15, 0.2) is 18.2 Å². The number of amides is 1. The number of hydrogen-bond donors (Lipinski definition) is 2. The number of rotatable bonds is 8. The van der Waals surface area contributed by atoms with Gasteiger partial charge in [-0.25, -0.2) is 4.79 Å². The lowest BCUT2D eigenvalue weighted by Crippen LogP contribution is -2.41.